The smallest absolute Gasteiger partial charge is 0.00992 e. The predicted molar refractivity (Wildman–Crippen MR) is 327 cm³/mol. The Morgan fingerprint density at radius 2 is 0.753 bits per heavy atom. The third-order valence-corrected chi connectivity index (χ3v) is 12.2. The highest BCUT2D eigenvalue weighted by molar-refractivity contribution is 5.87. The van der Waals surface area contributed by atoms with Crippen LogP contribution in [0.2, 0.25) is 0 Å². The van der Waals surface area contributed by atoms with Gasteiger partial charge in [0.25, 0.3) is 0 Å². The van der Waals surface area contributed by atoms with Crippen LogP contribution in [0.1, 0.15) is 99.9 Å². The Labute approximate surface area is 442 Å². The second kappa shape index (κ2) is 30.4. The molecule has 0 heterocycles. The van der Waals surface area contributed by atoms with Crippen LogP contribution < -0.4 is 0 Å². The molecule has 0 unspecified atom stereocenters. The van der Waals surface area contributed by atoms with Gasteiger partial charge in [-0.25, -0.2) is 0 Å². The molecule has 0 aliphatic heterocycles. The largest absolute Gasteiger partial charge is 0.0955 e. The highest BCUT2D eigenvalue weighted by Gasteiger charge is 2.13. The van der Waals surface area contributed by atoms with Crippen molar-refractivity contribution < 1.29 is 0 Å². The molecule has 0 nitrogen and oxygen atoms in total. The first-order chi connectivity index (χ1) is 35.2. The number of rotatable bonds is 8. The van der Waals surface area contributed by atoms with E-state index < -0.39 is 0 Å². The van der Waals surface area contributed by atoms with Gasteiger partial charge >= 0.3 is 0 Å². The summed E-state index contributed by atoms with van der Waals surface area (Å²) in [7, 11) is 0. The lowest BCUT2D eigenvalue weighted by Gasteiger charge is -2.17. The van der Waals surface area contributed by atoms with Gasteiger partial charge in [0.1, 0.15) is 0 Å². The number of hydrogen-bond acceptors (Lipinski definition) is 0. The summed E-state index contributed by atoms with van der Waals surface area (Å²) in [6.45, 7) is 35.6. The van der Waals surface area contributed by atoms with Gasteiger partial charge in [-0.3, -0.25) is 0 Å². The second-order valence-corrected chi connectivity index (χ2v) is 19.1. The lowest BCUT2D eigenvalue weighted by atomic mass is 9.87. The van der Waals surface area contributed by atoms with Crippen LogP contribution >= 0.6 is 0 Å². The summed E-state index contributed by atoms with van der Waals surface area (Å²) in [4.78, 5) is 0. The highest BCUT2D eigenvalue weighted by atomic mass is 14.2. The number of aryl methyl sites for hydroxylation is 4. The van der Waals surface area contributed by atoms with Gasteiger partial charge in [-0.05, 0) is 162 Å². The van der Waals surface area contributed by atoms with E-state index in [4.69, 9.17) is 0 Å². The normalized spacial score (nSPS) is 10.0. The molecule has 0 saturated heterocycles. The fourth-order valence-corrected chi connectivity index (χ4v) is 8.31. The Morgan fingerprint density at radius 3 is 1.23 bits per heavy atom. The van der Waals surface area contributed by atoms with E-state index in [1.165, 1.54) is 100 Å². The molecule has 9 rings (SSSR count). The summed E-state index contributed by atoms with van der Waals surface area (Å²) in [6, 6.07) is 77.1. The minimum absolute atomic E-state index is 0.833. The average Bonchev–Trinajstić information content (AvgIpc) is 3.41. The molecular weight excluding hydrogens is 877 g/mol. The minimum Gasteiger partial charge on any atom is -0.0955 e. The van der Waals surface area contributed by atoms with E-state index in [0.29, 0.717) is 0 Å². The van der Waals surface area contributed by atoms with Crippen LogP contribution in [0.4, 0.5) is 0 Å². The van der Waals surface area contributed by atoms with Crippen molar-refractivity contribution in [3.05, 3.63) is 276 Å². The molecule has 374 valence electrons. The van der Waals surface area contributed by atoms with E-state index in [2.05, 4.69) is 276 Å². The molecular formula is C73H82. The van der Waals surface area contributed by atoms with Gasteiger partial charge in [-0.15, -0.1) is 0 Å². The van der Waals surface area contributed by atoms with Crippen LogP contribution in [0.25, 0.3) is 66.8 Å². The molecule has 0 heteroatoms. The third kappa shape index (κ3) is 17.9. The molecule has 0 N–H and O–H groups in total. The molecule has 0 saturated carbocycles. The zero-order valence-electron chi connectivity index (χ0n) is 46.5. The lowest BCUT2D eigenvalue weighted by molar-refractivity contribution is 0.737. The van der Waals surface area contributed by atoms with E-state index in [9.17, 15) is 0 Å². The first-order valence-corrected chi connectivity index (χ1v) is 26.2. The minimum atomic E-state index is 0.833. The molecule has 0 aromatic heterocycles. The van der Waals surface area contributed by atoms with E-state index in [1.54, 1.807) is 0 Å². The molecule has 0 fully saturated rings. The number of hydrogen-bond donors (Lipinski definition) is 0. The first kappa shape index (κ1) is 58.0. The van der Waals surface area contributed by atoms with Crippen molar-refractivity contribution in [1.29, 1.82) is 0 Å². The molecule has 9 aromatic rings. The summed E-state index contributed by atoms with van der Waals surface area (Å²) in [5, 5.41) is 0. The Bertz CT molecular complexity index is 3050. The van der Waals surface area contributed by atoms with Crippen LogP contribution in [0.3, 0.4) is 0 Å². The molecule has 0 bridgehead atoms. The van der Waals surface area contributed by atoms with Crippen molar-refractivity contribution in [2.45, 2.75) is 96.4 Å². The van der Waals surface area contributed by atoms with E-state index in [1.807, 2.05) is 45.9 Å². The highest BCUT2D eigenvalue weighted by Crippen LogP contribution is 2.37. The maximum absolute atomic E-state index is 4.08. The zero-order chi connectivity index (χ0) is 53.3. The molecule has 9 aromatic carbocycles. The van der Waals surface area contributed by atoms with Gasteiger partial charge in [0.15, 0.2) is 0 Å². The maximum atomic E-state index is 4.08. The van der Waals surface area contributed by atoms with Gasteiger partial charge in [-0.1, -0.05) is 283 Å². The molecule has 0 amide bonds. The maximum Gasteiger partial charge on any atom is -0.00992 e. The van der Waals surface area contributed by atoms with Gasteiger partial charge in [0.2, 0.25) is 0 Å². The van der Waals surface area contributed by atoms with Gasteiger partial charge < -0.3 is 0 Å². The topological polar surface area (TPSA) is 0 Å². The first-order valence-electron chi connectivity index (χ1n) is 26.2. The quantitative estimate of drug-likeness (QED) is 0.142. The van der Waals surface area contributed by atoms with Crippen molar-refractivity contribution in [1.82, 2.24) is 0 Å². The fraction of sp³-hybridized carbons (Fsp3) is 0.205. The van der Waals surface area contributed by atoms with Crippen LogP contribution in [-0.2, 0) is 6.42 Å². The molecule has 73 heavy (non-hydrogen) atoms. The molecule has 0 atom stereocenters. The van der Waals surface area contributed by atoms with Gasteiger partial charge in [0.05, 0.1) is 0 Å². The van der Waals surface area contributed by atoms with Gasteiger partial charge in [-0.2, -0.15) is 0 Å². The third-order valence-electron chi connectivity index (χ3n) is 12.2. The molecule has 0 aliphatic carbocycles. The Balaban J connectivity index is 0.000000224. The summed E-state index contributed by atoms with van der Waals surface area (Å²) >= 11 is 0. The van der Waals surface area contributed by atoms with Crippen LogP contribution in [0.5, 0.6) is 0 Å². The van der Waals surface area contributed by atoms with Crippen molar-refractivity contribution in [3.63, 3.8) is 0 Å². The Hall–Kier alpha value is -7.54. The van der Waals surface area contributed by atoms with Crippen LogP contribution in [0, 0.1) is 40.5 Å². The van der Waals surface area contributed by atoms with Crippen LogP contribution in [0.15, 0.2) is 232 Å². The van der Waals surface area contributed by atoms with Crippen molar-refractivity contribution in [2.75, 3.05) is 0 Å². The summed E-state index contributed by atoms with van der Waals surface area (Å²) < 4.78 is 0. The summed E-state index contributed by atoms with van der Waals surface area (Å²) in [6.07, 6.45) is 1.06. The van der Waals surface area contributed by atoms with E-state index in [0.717, 1.165) is 23.5 Å². The van der Waals surface area contributed by atoms with E-state index >= 15 is 0 Å². The molecule has 0 aliphatic rings. The van der Waals surface area contributed by atoms with Crippen molar-refractivity contribution >= 4 is 11.1 Å². The standard InChI is InChI=1S/C27H22.C23H24.C9H10.C8H10.C4H10.C2H6/c1-20(2)23-14-9-15-24(18-23)25-16-17-26(21-10-5-3-6-11-21)27(19-25)22-12-7-4-8-13-22;1-5-19-11-7-9-13-23(19)22-15-14-21(17(3)18(22)4)20-12-8-6-10-16(20)2;1-8(2)9-6-4-3-5-7-9;1-7-4-3-5-8(2)6-7;1-4(2)3;1-2/h3-19H,1H2,2H3;6-15H,5H2,1-4H3;3-7H,1H2,2H3;3-6H,1-2H3;4H,1-3H3;1-2H3. The molecule has 0 radical (unpaired) electrons. The Kier molecular flexibility index (Phi) is 24.1. The lowest BCUT2D eigenvalue weighted by Crippen LogP contribution is -1.95. The molecule has 0 spiro atoms. The number of allylic oxidation sites excluding steroid dienone is 2. The van der Waals surface area contributed by atoms with E-state index in [-0.39, 0.29) is 0 Å². The summed E-state index contributed by atoms with van der Waals surface area (Å²) in [5.74, 6) is 0.833. The average molecular weight is 959 g/mol. The predicted octanol–water partition coefficient (Wildman–Crippen LogP) is 21.9. The van der Waals surface area contributed by atoms with Gasteiger partial charge in [0, 0.05) is 0 Å². The second-order valence-electron chi connectivity index (χ2n) is 19.1. The fourth-order valence-electron chi connectivity index (χ4n) is 8.31. The number of benzene rings is 9. The SMILES string of the molecule is C=C(C)c1cccc(-c2ccc(-c3ccccc3)c(-c3ccccc3)c2)c1.C=C(C)c1ccccc1.CC.CC(C)C.CCc1ccccc1-c1ccc(-c2ccccc2C)c(C)c1C.Cc1cccc(C)c1. The monoisotopic (exact) mass is 959 g/mol. The van der Waals surface area contributed by atoms with Crippen molar-refractivity contribution in [3.8, 4) is 55.6 Å². The van der Waals surface area contributed by atoms with Crippen LogP contribution in [-0.4, -0.2) is 0 Å². The Morgan fingerprint density at radius 1 is 0.356 bits per heavy atom. The van der Waals surface area contributed by atoms with Crippen molar-refractivity contribution in [2.24, 2.45) is 5.92 Å². The summed E-state index contributed by atoms with van der Waals surface area (Å²) in [5.41, 5.74) is 25.6. The zero-order valence-corrected chi connectivity index (χ0v) is 46.5.